The molecule has 152 valence electrons. The quantitative estimate of drug-likeness (QED) is 0.346. The van der Waals surface area contributed by atoms with E-state index in [1.807, 2.05) is 12.1 Å². The van der Waals surface area contributed by atoms with Crippen molar-refractivity contribution in [1.82, 2.24) is 0 Å². The normalized spacial score (nSPS) is 12.8. The number of nitrogens with zero attached hydrogens (tertiary/aromatic N) is 1. The van der Waals surface area contributed by atoms with E-state index in [0.29, 0.717) is 36.2 Å². The molecule has 0 atom stereocenters. The molecule has 0 radical (unpaired) electrons. The van der Waals surface area contributed by atoms with E-state index in [0.717, 1.165) is 17.7 Å². The van der Waals surface area contributed by atoms with Gasteiger partial charge in [-0.15, -0.1) is 24.0 Å². The van der Waals surface area contributed by atoms with Crippen LogP contribution in [0, 0.1) is 0 Å². The fourth-order valence-electron chi connectivity index (χ4n) is 3.49. The second-order valence-corrected chi connectivity index (χ2v) is 6.47. The summed E-state index contributed by atoms with van der Waals surface area (Å²) in [5, 5.41) is 3.18. The summed E-state index contributed by atoms with van der Waals surface area (Å²) in [5.74, 6) is 2.30. The number of nitrogens with two attached hydrogens (primary N) is 1. The van der Waals surface area contributed by atoms with E-state index < -0.39 is 0 Å². The van der Waals surface area contributed by atoms with E-state index in [4.69, 9.17) is 19.9 Å². The van der Waals surface area contributed by atoms with Crippen LogP contribution in [0.1, 0.15) is 23.1 Å². The standard InChI is InChI=1S/C21H27N3O3.HI/c1-25-18-10-8-15(19(26-2)20(18)27-3)11-12-23-21(22)24-17-9-7-14-5-4-6-16(14)13-17;/h7-10,13H,4-6,11-12H2,1-3H3,(H3,22,23,24);1H. The molecule has 0 amide bonds. The zero-order chi connectivity index (χ0) is 19.2. The molecule has 0 saturated carbocycles. The number of benzene rings is 2. The predicted octanol–water partition coefficient (Wildman–Crippen LogP) is 3.79. The van der Waals surface area contributed by atoms with Crippen molar-refractivity contribution in [2.75, 3.05) is 33.2 Å². The Kier molecular flexibility index (Phi) is 8.22. The third kappa shape index (κ3) is 5.01. The first-order chi connectivity index (χ1) is 13.2. The van der Waals surface area contributed by atoms with E-state index in [1.165, 1.54) is 24.0 Å². The lowest BCUT2D eigenvalue weighted by atomic mass is 10.1. The molecule has 3 N–H and O–H groups in total. The molecule has 3 rings (SSSR count). The Morgan fingerprint density at radius 3 is 2.46 bits per heavy atom. The molecule has 28 heavy (non-hydrogen) atoms. The van der Waals surface area contributed by atoms with Gasteiger partial charge in [0.25, 0.3) is 0 Å². The van der Waals surface area contributed by atoms with E-state index >= 15 is 0 Å². The lowest BCUT2D eigenvalue weighted by molar-refractivity contribution is 0.322. The third-order valence-electron chi connectivity index (χ3n) is 4.82. The van der Waals surface area contributed by atoms with Crippen LogP contribution in [0.4, 0.5) is 5.69 Å². The van der Waals surface area contributed by atoms with Crippen LogP contribution in [-0.2, 0) is 19.3 Å². The second kappa shape index (κ2) is 10.4. The van der Waals surface area contributed by atoms with Crippen LogP contribution in [0.15, 0.2) is 35.3 Å². The van der Waals surface area contributed by atoms with Gasteiger partial charge >= 0.3 is 0 Å². The van der Waals surface area contributed by atoms with Gasteiger partial charge in [-0.1, -0.05) is 12.1 Å². The van der Waals surface area contributed by atoms with Gasteiger partial charge in [-0.25, -0.2) is 0 Å². The summed E-state index contributed by atoms with van der Waals surface area (Å²) in [6.07, 6.45) is 4.22. The lowest BCUT2D eigenvalue weighted by Crippen LogP contribution is -2.23. The van der Waals surface area contributed by atoms with Crippen LogP contribution in [0.3, 0.4) is 0 Å². The van der Waals surface area contributed by atoms with Crippen LogP contribution in [0.25, 0.3) is 0 Å². The molecule has 0 fully saturated rings. The van der Waals surface area contributed by atoms with Gasteiger partial charge in [0.05, 0.1) is 21.3 Å². The Morgan fingerprint density at radius 1 is 1.00 bits per heavy atom. The Balaban J connectivity index is 0.00000280. The maximum atomic E-state index is 6.05. The van der Waals surface area contributed by atoms with E-state index in [9.17, 15) is 0 Å². The number of hydrogen-bond donors (Lipinski definition) is 2. The summed E-state index contributed by atoms with van der Waals surface area (Å²) < 4.78 is 16.2. The van der Waals surface area contributed by atoms with E-state index in [1.54, 1.807) is 21.3 Å². The first kappa shape index (κ1) is 22.1. The zero-order valence-electron chi connectivity index (χ0n) is 16.6. The number of fused-ring (bicyclic) bond motifs is 1. The maximum absolute atomic E-state index is 6.05. The molecule has 6 nitrogen and oxygen atoms in total. The molecule has 0 heterocycles. The van der Waals surface area contributed by atoms with E-state index in [-0.39, 0.29) is 24.0 Å². The monoisotopic (exact) mass is 497 g/mol. The first-order valence-corrected chi connectivity index (χ1v) is 9.13. The highest BCUT2D eigenvalue weighted by atomic mass is 127. The molecule has 2 aromatic carbocycles. The minimum absolute atomic E-state index is 0. The fraction of sp³-hybridized carbons (Fsp3) is 0.381. The van der Waals surface area contributed by atoms with Crippen LogP contribution in [0.2, 0.25) is 0 Å². The van der Waals surface area contributed by atoms with Crippen LogP contribution >= 0.6 is 24.0 Å². The summed E-state index contributed by atoms with van der Waals surface area (Å²) in [4.78, 5) is 4.44. The van der Waals surface area contributed by atoms with Gasteiger partial charge < -0.3 is 25.3 Å². The number of ether oxygens (including phenoxy) is 3. The molecule has 0 unspecified atom stereocenters. The van der Waals surface area contributed by atoms with Crippen molar-refractivity contribution in [2.24, 2.45) is 10.7 Å². The average Bonchev–Trinajstić information content (AvgIpc) is 3.15. The first-order valence-electron chi connectivity index (χ1n) is 9.13. The highest BCUT2D eigenvalue weighted by Gasteiger charge is 2.15. The maximum Gasteiger partial charge on any atom is 0.203 e. The summed E-state index contributed by atoms with van der Waals surface area (Å²) in [6, 6.07) is 10.2. The largest absolute Gasteiger partial charge is 0.493 e. The number of anilines is 1. The Labute approximate surface area is 183 Å². The number of methoxy groups -OCH3 is 3. The number of halogens is 1. The number of rotatable bonds is 7. The van der Waals surface area contributed by atoms with Crippen LogP contribution in [0.5, 0.6) is 17.2 Å². The zero-order valence-corrected chi connectivity index (χ0v) is 18.9. The topological polar surface area (TPSA) is 78.1 Å². The van der Waals surface area contributed by atoms with Crippen molar-refractivity contribution in [3.05, 3.63) is 47.0 Å². The molecule has 0 bridgehead atoms. The third-order valence-corrected chi connectivity index (χ3v) is 4.82. The summed E-state index contributed by atoms with van der Waals surface area (Å²) in [6.45, 7) is 0.537. The van der Waals surface area contributed by atoms with Gasteiger partial charge in [0, 0.05) is 17.8 Å². The van der Waals surface area contributed by atoms with Crippen molar-refractivity contribution >= 4 is 35.6 Å². The fourth-order valence-corrected chi connectivity index (χ4v) is 3.49. The molecule has 0 aromatic heterocycles. The molecular formula is C21H28IN3O3. The van der Waals surface area contributed by atoms with Crippen molar-refractivity contribution in [2.45, 2.75) is 25.7 Å². The lowest BCUT2D eigenvalue weighted by Gasteiger charge is -2.15. The number of aryl methyl sites for hydroxylation is 2. The number of hydrogen-bond acceptors (Lipinski definition) is 4. The number of nitrogens with one attached hydrogen (secondary N) is 1. The molecular weight excluding hydrogens is 469 g/mol. The van der Waals surface area contributed by atoms with Crippen molar-refractivity contribution in [1.29, 1.82) is 0 Å². The Hall–Kier alpha value is -2.16. The van der Waals surface area contributed by atoms with Crippen molar-refractivity contribution in [3.63, 3.8) is 0 Å². The Bertz CT molecular complexity index is 840. The van der Waals surface area contributed by atoms with Gasteiger partial charge in [-0.2, -0.15) is 0 Å². The Morgan fingerprint density at radius 2 is 1.75 bits per heavy atom. The minimum Gasteiger partial charge on any atom is -0.493 e. The SMILES string of the molecule is COc1ccc(CCN=C(N)Nc2ccc3c(c2)CCC3)c(OC)c1OC.I. The predicted molar refractivity (Wildman–Crippen MR) is 124 cm³/mol. The smallest absolute Gasteiger partial charge is 0.203 e. The highest BCUT2D eigenvalue weighted by Crippen LogP contribution is 2.39. The molecule has 0 spiro atoms. The number of guanidine groups is 1. The van der Waals surface area contributed by atoms with Gasteiger partial charge in [-0.05, 0) is 55.0 Å². The van der Waals surface area contributed by atoms with Crippen LogP contribution < -0.4 is 25.3 Å². The molecule has 0 saturated heterocycles. The average molecular weight is 497 g/mol. The van der Waals surface area contributed by atoms with Gasteiger partial charge in [0.1, 0.15) is 0 Å². The van der Waals surface area contributed by atoms with Gasteiger partial charge in [0.15, 0.2) is 17.5 Å². The molecule has 7 heteroatoms. The number of aliphatic imine (C=N–C) groups is 1. The summed E-state index contributed by atoms with van der Waals surface area (Å²) in [5.41, 5.74) is 10.9. The molecule has 1 aliphatic carbocycles. The van der Waals surface area contributed by atoms with E-state index in [2.05, 4.69) is 28.5 Å². The van der Waals surface area contributed by atoms with Crippen molar-refractivity contribution in [3.8, 4) is 17.2 Å². The second-order valence-electron chi connectivity index (χ2n) is 6.47. The molecule has 1 aliphatic rings. The van der Waals surface area contributed by atoms with Crippen molar-refractivity contribution < 1.29 is 14.2 Å². The minimum atomic E-state index is 0. The highest BCUT2D eigenvalue weighted by molar-refractivity contribution is 14.0. The summed E-state index contributed by atoms with van der Waals surface area (Å²) >= 11 is 0. The van der Waals surface area contributed by atoms with Gasteiger partial charge in [0.2, 0.25) is 5.75 Å². The van der Waals surface area contributed by atoms with Gasteiger partial charge in [-0.3, -0.25) is 4.99 Å². The van der Waals surface area contributed by atoms with Crippen LogP contribution in [-0.4, -0.2) is 33.8 Å². The summed E-state index contributed by atoms with van der Waals surface area (Å²) in [7, 11) is 4.82. The molecule has 0 aliphatic heterocycles. The molecule has 2 aromatic rings.